The minimum Gasteiger partial charge on any atom is -0.458 e. The Balaban J connectivity index is 1.42. The van der Waals surface area contributed by atoms with Gasteiger partial charge in [0.2, 0.25) is 5.78 Å². The second kappa shape index (κ2) is 5.91. The summed E-state index contributed by atoms with van der Waals surface area (Å²) in [5.41, 5.74) is 0.778. The van der Waals surface area contributed by atoms with E-state index in [0.717, 1.165) is 44.9 Å². The van der Waals surface area contributed by atoms with E-state index in [1.165, 1.54) is 12.5 Å². The molecule has 4 aliphatic carbocycles. The zero-order valence-electron chi connectivity index (χ0n) is 17.2. The average molecular weight is 389 g/mol. The van der Waals surface area contributed by atoms with Crippen LogP contribution in [0.5, 0.6) is 0 Å². The summed E-state index contributed by atoms with van der Waals surface area (Å²) in [6.45, 7) is 5.84. The van der Waals surface area contributed by atoms with Gasteiger partial charge in [0.25, 0.3) is 0 Å². The van der Waals surface area contributed by atoms with Crippen LogP contribution in [0.15, 0.2) is 11.6 Å². The Kier molecular flexibility index (Phi) is 3.97. The van der Waals surface area contributed by atoms with E-state index in [1.54, 1.807) is 0 Å². The number of esters is 1. The maximum absolute atomic E-state index is 13.0. The molecule has 1 N–H and O–H groups in total. The minimum atomic E-state index is -0.730. The van der Waals surface area contributed by atoms with Crippen LogP contribution in [0.2, 0.25) is 0 Å². The molecule has 5 heteroatoms. The SMILES string of the molecule is CC(=O)OCC(=O)[C@@]12O[C@H]1C[C@H]1[C@@H]3CC=C4C[C@@H](O)CC[C@]4(C)[C@H]3CC[C@@]12C. The second-order valence-corrected chi connectivity index (χ2v) is 10.4. The smallest absolute Gasteiger partial charge is 0.303 e. The van der Waals surface area contributed by atoms with Crippen LogP contribution in [0.1, 0.15) is 65.7 Å². The number of aliphatic hydroxyl groups excluding tert-OH is 1. The van der Waals surface area contributed by atoms with Gasteiger partial charge in [-0.2, -0.15) is 0 Å². The van der Waals surface area contributed by atoms with E-state index in [1.807, 2.05) is 0 Å². The molecule has 5 aliphatic rings. The number of hydrogen-bond donors (Lipinski definition) is 1. The quantitative estimate of drug-likeness (QED) is 0.456. The van der Waals surface area contributed by atoms with Gasteiger partial charge in [-0.1, -0.05) is 25.5 Å². The molecule has 3 saturated carbocycles. The highest BCUT2D eigenvalue weighted by Crippen LogP contribution is 2.73. The van der Waals surface area contributed by atoms with Crippen LogP contribution in [-0.4, -0.2) is 41.3 Å². The van der Waals surface area contributed by atoms with Crippen LogP contribution in [0.25, 0.3) is 0 Å². The first-order valence-electron chi connectivity index (χ1n) is 10.9. The molecule has 8 atom stereocenters. The monoisotopic (exact) mass is 388 g/mol. The summed E-state index contributed by atoms with van der Waals surface area (Å²) in [6.07, 6.45) is 9.14. The van der Waals surface area contributed by atoms with E-state index in [9.17, 15) is 14.7 Å². The van der Waals surface area contributed by atoms with Crippen LogP contribution in [0.3, 0.4) is 0 Å². The number of Topliss-reactive ketones (excluding diaryl/α,β-unsaturated/α-hetero) is 1. The highest BCUT2D eigenvalue weighted by Gasteiger charge is 2.80. The third kappa shape index (κ3) is 2.26. The van der Waals surface area contributed by atoms with Gasteiger partial charge < -0.3 is 14.6 Å². The van der Waals surface area contributed by atoms with Gasteiger partial charge in [0.05, 0.1) is 12.2 Å². The summed E-state index contributed by atoms with van der Waals surface area (Å²) < 4.78 is 11.1. The largest absolute Gasteiger partial charge is 0.458 e. The predicted octanol–water partition coefficient (Wildman–Crippen LogP) is 3.19. The lowest BCUT2D eigenvalue weighted by molar-refractivity contribution is -0.152. The Hall–Kier alpha value is -1.20. The molecule has 0 radical (unpaired) electrons. The van der Waals surface area contributed by atoms with Gasteiger partial charge in [-0.3, -0.25) is 9.59 Å². The highest BCUT2D eigenvalue weighted by atomic mass is 16.6. The molecule has 0 aromatic heterocycles. The number of aliphatic hydroxyl groups is 1. The molecule has 1 aliphatic heterocycles. The lowest BCUT2D eigenvalue weighted by Crippen LogP contribution is -2.55. The van der Waals surface area contributed by atoms with E-state index in [4.69, 9.17) is 9.47 Å². The number of allylic oxidation sites excluding steroid dienone is 1. The van der Waals surface area contributed by atoms with Crippen LogP contribution >= 0.6 is 0 Å². The topological polar surface area (TPSA) is 76.1 Å². The zero-order chi connectivity index (χ0) is 19.9. The van der Waals surface area contributed by atoms with Crippen LogP contribution in [0, 0.1) is 28.6 Å². The number of carbonyl (C=O) groups excluding carboxylic acids is 2. The fourth-order valence-electron chi connectivity index (χ4n) is 7.83. The highest BCUT2D eigenvalue weighted by molar-refractivity contribution is 5.94. The molecule has 5 nitrogen and oxygen atoms in total. The van der Waals surface area contributed by atoms with Crippen molar-refractivity contribution < 1.29 is 24.2 Å². The Morgan fingerprint density at radius 2 is 2.04 bits per heavy atom. The normalized spacial score (nSPS) is 51.1. The Labute approximate surface area is 166 Å². The third-order valence-electron chi connectivity index (χ3n) is 9.33. The number of fused-ring (bicyclic) bond motifs is 7. The molecule has 0 spiro atoms. The first-order chi connectivity index (χ1) is 13.2. The molecular weight excluding hydrogens is 356 g/mol. The van der Waals surface area contributed by atoms with Gasteiger partial charge in [0, 0.05) is 12.3 Å². The first kappa shape index (κ1) is 18.8. The molecule has 0 unspecified atom stereocenters. The van der Waals surface area contributed by atoms with Crippen molar-refractivity contribution >= 4 is 11.8 Å². The lowest BCUT2D eigenvalue weighted by Gasteiger charge is -2.58. The van der Waals surface area contributed by atoms with Crippen LogP contribution in [-0.2, 0) is 19.1 Å². The Morgan fingerprint density at radius 3 is 2.79 bits per heavy atom. The van der Waals surface area contributed by atoms with E-state index >= 15 is 0 Å². The van der Waals surface area contributed by atoms with E-state index in [0.29, 0.717) is 17.8 Å². The molecule has 0 amide bonds. The summed E-state index contributed by atoms with van der Waals surface area (Å²) in [4.78, 5) is 24.2. The molecule has 4 fully saturated rings. The number of carbonyl (C=O) groups is 2. The first-order valence-corrected chi connectivity index (χ1v) is 10.9. The van der Waals surface area contributed by atoms with E-state index in [2.05, 4.69) is 19.9 Å². The number of hydrogen-bond acceptors (Lipinski definition) is 5. The maximum Gasteiger partial charge on any atom is 0.303 e. The number of rotatable bonds is 3. The number of epoxide rings is 1. The van der Waals surface area contributed by atoms with Crippen molar-refractivity contribution in [2.24, 2.45) is 28.6 Å². The summed E-state index contributed by atoms with van der Waals surface area (Å²) in [5.74, 6) is 1.24. The minimum absolute atomic E-state index is 0.00401. The van der Waals surface area contributed by atoms with Gasteiger partial charge in [0.1, 0.15) is 0 Å². The second-order valence-electron chi connectivity index (χ2n) is 10.4. The van der Waals surface area contributed by atoms with Gasteiger partial charge >= 0.3 is 5.97 Å². The predicted molar refractivity (Wildman–Crippen MR) is 102 cm³/mol. The maximum atomic E-state index is 13.0. The molecule has 154 valence electrons. The van der Waals surface area contributed by atoms with Crippen LogP contribution < -0.4 is 0 Å². The van der Waals surface area contributed by atoms with Gasteiger partial charge in [-0.25, -0.2) is 0 Å². The van der Waals surface area contributed by atoms with Crippen molar-refractivity contribution in [2.45, 2.75) is 83.5 Å². The zero-order valence-corrected chi connectivity index (χ0v) is 17.2. The number of ether oxygens (including phenoxy) is 2. The van der Waals surface area contributed by atoms with Gasteiger partial charge in [0.15, 0.2) is 12.2 Å². The van der Waals surface area contributed by atoms with Crippen molar-refractivity contribution in [3.63, 3.8) is 0 Å². The van der Waals surface area contributed by atoms with Gasteiger partial charge in [-0.15, -0.1) is 0 Å². The molecule has 28 heavy (non-hydrogen) atoms. The van der Waals surface area contributed by atoms with E-state index < -0.39 is 11.6 Å². The molecule has 0 bridgehead atoms. The Bertz CT molecular complexity index is 758. The summed E-state index contributed by atoms with van der Waals surface area (Å²) in [7, 11) is 0. The summed E-state index contributed by atoms with van der Waals surface area (Å²) in [5, 5.41) is 10.1. The molecule has 1 saturated heterocycles. The molecule has 0 aromatic carbocycles. The molecule has 1 heterocycles. The van der Waals surface area contributed by atoms with Gasteiger partial charge in [-0.05, 0) is 68.1 Å². The lowest BCUT2D eigenvalue weighted by atomic mass is 9.47. The van der Waals surface area contributed by atoms with Crippen molar-refractivity contribution in [3.05, 3.63) is 11.6 Å². The van der Waals surface area contributed by atoms with Crippen molar-refractivity contribution in [1.82, 2.24) is 0 Å². The summed E-state index contributed by atoms with van der Waals surface area (Å²) in [6, 6.07) is 0. The molecular formula is C23H32O5. The average Bonchev–Trinajstić information content (AvgIpc) is 3.32. The van der Waals surface area contributed by atoms with Crippen LogP contribution in [0.4, 0.5) is 0 Å². The van der Waals surface area contributed by atoms with Crippen molar-refractivity contribution in [3.8, 4) is 0 Å². The standard InChI is InChI=1S/C23H32O5/c1-13(24)27-12-19(26)23-20(28-23)11-18-16-5-4-14-10-15(25)6-8-21(14,2)17(16)7-9-22(18,23)3/h4,15-18,20,25H,5-12H2,1-3H3/t15-,16+,17-,18-,20-,21-,22-,23+/m0/s1. The molecule has 5 rings (SSSR count). The van der Waals surface area contributed by atoms with Crippen molar-refractivity contribution in [1.29, 1.82) is 0 Å². The Morgan fingerprint density at radius 1 is 1.25 bits per heavy atom. The fourth-order valence-corrected chi connectivity index (χ4v) is 7.83. The molecule has 0 aromatic rings. The third-order valence-corrected chi connectivity index (χ3v) is 9.33. The van der Waals surface area contributed by atoms with E-state index in [-0.39, 0.29) is 35.4 Å². The van der Waals surface area contributed by atoms with Crippen molar-refractivity contribution in [2.75, 3.05) is 6.61 Å². The summed E-state index contributed by atoms with van der Waals surface area (Å²) >= 11 is 0. The fraction of sp³-hybridized carbons (Fsp3) is 0.826. The number of ketones is 1.